The second-order valence-electron chi connectivity index (χ2n) is 4.91. The van der Waals surface area contributed by atoms with Crippen LogP contribution in [0.5, 0.6) is 0 Å². The van der Waals surface area contributed by atoms with Crippen LogP contribution in [-0.2, 0) is 10.0 Å². The molecular weight excluding hydrogens is 290 g/mol. The van der Waals surface area contributed by atoms with Crippen molar-refractivity contribution in [1.82, 2.24) is 14.5 Å². The molecule has 0 radical (unpaired) electrons. The van der Waals surface area contributed by atoms with Gasteiger partial charge in [-0.15, -0.1) is 0 Å². The van der Waals surface area contributed by atoms with Crippen LogP contribution in [-0.4, -0.2) is 49.1 Å². The Morgan fingerprint density at radius 1 is 1.14 bits per heavy atom. The van der Waals surface area contributed by atoms with Gasteiger partial charge < -0.3 is 10.6 Å². The highest BCUT2D eigenvalue weighted by molar-refractivity contribution is 7.89. The van der Waals surface area contributed by atoms with Gasteiger partial charge in [0.15, 0.2) is 5.03 Å². The van der Waals surface area contributed by atoms with Gasteiger partial charge in [0.2, 0.25) is 0 Å². The Morgan fingerprint density at radius 2 is 1.90 bits per heavy atom. The molecular formula is C13H17N5O2S. The lowest BCUT2D eigenvalue weighted by molar-refractivity contribution is 0.383. The Morgan fingerprint density at radius 3 is 2.52 bits per heavy atom. The van der Waals surface area contributed by atoms with Crippen molar-refractivity contribution in [3.63, 3.8) is 0 Å². The number of benzene rings is 1. The Hall–Kier alpha value is -2.06. The van der Waals surface area contributed by atoms with E-state index in [4.69, 9.17) is 5.73 Å². The minimum atomic E-state index is -3.47. The first kappa shape index (κ1) is 13.9. The molecule has 3 rings (SSSR count). The summed E-state index contributed by atoms with van der Waals surface area (Å²) in [6.07, 6.45) is 1.44. The quantitative estimate of drug-likeness (QED) is 0.805. The third-order valence-electron chi connectivity index (χ3n) is 3.57. The van der Waals surface area contributed by atoms with Crippen LogP contribution in [0.4, 0.5) is 11.4 Å². The van der Waals surface area contributed by atoms with Crippen LogP contribution in [0.3, 0.4) is 0 Å². The van der Waals surface area contributed by atoms with E-state index in [-0.39, 0.29) is 5.03 Å². The van der Waals surface area contributed by atoms with E-state index in [1.807, 2.05) is 24.3 Å². The van der Waals surface area contributed by atoms with Gasteiger partial charge in [0.05, 0.1) is 6.20 Å². The summed E-state index contributed by atoms with van der Waals surface area (Å²) in [5, 5.41) is 6.35. The molecule has 2 aromatic rings. The number of nitrogen functional groups attached to an aromatic ring is 1. The predicted molar refractivity (Wildman–Crippen MR) is 80.4 cm³/mol. The standard InChI is InChI=1S/C13H17N5O2S/c14-11-2-1-3-12(10-11)17-6-8-18(9-7-17)21(19,20)13-4-5-15-16-13/h1-5,10H,6-9,14H2,(H,15,16). The third-order valence-corrected chi connectivity index (χ3v) is 5.40. The van der Waals surface area contributed by atoms with E-state index in [9.17, 15) is 8.42 Å². The van der Waals surface area contributed by atoms with Crippen molar-refractivity contribution in [2.75, 3.05) is 36.8 Å². The largest absolute Gasteiger partial charge is 0.399 e. The molecule has 1 aliphatic heterocycles. The number of hydrogen-bond donors (Lipinski definition) is 2. The van der Waals surface area contributed by atoms with Gasteiger partial charge in [-0.2, -0.15) is 9.40 Å². The SMILES string of the molecule is Nc1cccc(N2CCN(S(=O)(=O)c3ccn[nH]3)CC2)c1. The van der Waals surface area contributed by atoms with Crippen molar-refractivity contribution in [2.45, 2.75) is 5.03 Å². The van der Waals surface area contributed by atoms with Gasteiger partial charge in [0, 0.05) is 37.6 Å². The van der Waals surface area contributed by atoms with E-state index in [2.05, 4.69) is 15.1 Å². The maximum atomic E-state index is 12.4. The molecule has 112 valence electrons. The van der Waals surface area contributed by atoms with Gasteiger partial charge >= 0.3 is 0 Å². The van der Waals surface area contributed by atoms with Crippen molar-refractivity contribution in [3.8, 4) is 0 Å². The van der Waals surface area contributed by atoms with Crippen LogP contribution < -0.4 is 10.6 Å². The summed E-state index contributed by atoms with van der Waals surface area (Å²) >= 11 is 0. The van der Waals surface area contributed by atoms with Gasteiger partial charge in [-0.05, 0) is 24.3 Å². The molecule has 0 spiro atoms. The molecule has 1 aromatic heterocycles. The van der Waals surface area contributed by atoms with Crippen molar-refractivity contribution in [1.29, 1.82) is 0 Å². The molecule has 21 heavy (non-hydrogen) atoms. The van der Waals surface area contributed by atoms with Gasteiger partial charge in [0.25, 0.3) is 10.0 Å². The molecule has 1 saturated heterocycles. The maximum absolute atomic E-state index is 12.4. The van der Waals surface area contributed by atoms with E-state index >= 15 is 0 Å². The number of anilines is 2. The zero-order chi connectivity index (χ0) is 14.9. The molecule has 0 unspecified atom stereocenters. The minimum absolute atomic E-state index is 0.139. The molecule has 0 bridgehead atoms. The number of nitrogens with zero attached hydrogens (tertiary/aromatic N) is 3. The molecule has 3 N–H and O–H groups in total. The number of rotatable bonds is 3. The zero-order valence-corrected chi connectivity index (χ0v) is 12.3. The lowest BCUT2D eigenvalue weighted by atomic mass is 10.2. The first-order chi connectivity index (χ1) is 10.1. The molecule has 8 heteroatoms. The molecule has 0 amide bonds. The maximum Gasteiger partial charge on any atom is 0.260 e. The fourth-order valence-electron chi connectivity index (χ4n) is 2.43. The summed E-state index contributed by atoms with van der Waals surface area (Å²) in [5.41, 5.74) is 7.51. The summed E-state index contributed by atoms with van der Waals surface area (Å²) < 4.78 is 26.2. The number of aromatic amines is 1. The number of nitrogens with two attached hydrogens (primary N) is 1. The second-order valence-corrected chi connectivity index (χ2v) is 6.81. The van der Waals surface area contributed by atoms with Crippen molar-refractivity contribution < 1.29 is 8.42 Å². The van der Waals surface area contributed by atoms with Crippen molar-refractivity contribution >= 4 is 21.4 Å². The van der Waals surface area contributed by atoms with Crippen LogP contribution in [0.25, 0.3) is 0 Å². The fraction of sp³-hybridized carbons (Fsp3) is 0.308. The lowest BCUT2D eigenvalue weighted by Crippen LogP contribution is -2.48. The van der Waals surface area contributed by atoms with E-state index in [1.165, 1.54) is 16.6 Å². The topological polar surface area (TPSA) is 95.3 Å². The lowest BCUT2D eigenvalue weighted by Gasteiger charge is -2.35. The number of aromatic nitrogens is 2. The smallest absolute Gasteiger partial charge is 0.260 e. The highest BCUT2D eigenvalue weighted by Gasteiger charge is 2.29. The van der Waals surface area contributed by atoms with Gasteiger partial charge in [0.1, 0.15) is 0 Å². The van der Waals surface area contributed by atoms with Gasteiger partial charge in [-0.3, -0.25) is 5.10 Å². The van der Waals surface area contributed by atoms with Gasteiger partial charge in [-0.25, -0.2) is 8.42 Å². The number of H-pyrrole nitrogens is 1. The summed E-state index contributed by atoms with van der Waals surface area (Å²) in [7, 11) is -3.47. The fourth-order valence-corrected chi connectivity index (χ4v) is 3.76. The molecule has 0 saturated carbocycles. The number of nitrogens with one attached hydrogen (secondary N) is 1. The zero-order valence-electron chi connectivity index (χ0n) is 11.4. The molecule has 2 heterocycles. The average molecular weight is 307 g/mol. The highest BCUT2D eigenvalue weighted by atomic mass is 32.2. The molecule has 0 aliphatic carbocycles. The van der Waals surface area contributed by atoms with Gasteiger partial charge in [-0.1, -0.05) is 6.07 Å². The Kier molecular flexibility index (Phi) is 3.56. The molecule has 1 fully saturated rings. The highest BCUT2D eigenvalue weighted by Crippen LogP contribution is 2.21. The Balaban J connectivity index is 1.71. The molecule has 1 aromatic carbocycles. The normalized spacial score (nSPS) is 17.0. The summed E-state index contributed by atoms with van der Waals surface area (Å²) in [4.78, 5) is 2.13. The molecule has 7 nitrogen and oxygen atoms in total. The third kappa shape index (κ3) is 2.72. The first-order valence-electron chi connectivity index (χ1n) is 6.67. The van der Waals surface area contributed by atoms with E-state index in [0.717, 1.165) is 5.69 Å². The van der Waals surface area contributed by atoms with Crippen LogP contribution >= 0.6 is 0 Å². The Labute approximate surface area is 123 Å². The minimum Gasteiger partial charge on any atom is -0.399 e. The molecule has 1 aliphatic rings. The van der Waals surface area contributed by atoms with Crippen LogP contribution in [0, 0.1) is 0 Å². The van der Waals surface area contributed by atoms with Crippen molar-refractivity contribution in [2.24, 2.45) is 0 Å². The number of piperazine rings is 1. The second kappa shape index (κ2) is 5.38. The van der Waals surface area contributed by atoms with Crippen LogP contribution in [0.1, 0.15) is 0 Å². The summed E-state index contributed by atoms with van der Waals surface area (Å²) in [6.45, 7) is 2.15. The summed E-state index contributed by atoms with van der Waals surface area (Å²) in [5.74, 6) is 0. The van der Waals surface area contributed by atoms with E-state index in [0.29, 0.717) is 31.9 Å². The summed E-state index contributed by atoms with van der Waals surface area (Å²) in [6, 6.07) is 9.09. The number of hydrogen-bond acceptors (Lipinski definition) is 5. The molecule has 0 atom stereocenters. The van der Waals surface area contributed by atoms with Crippen LogP contribution in [0.2, 0.25) is 0 Å². The van der Waals surface area contributed by atoms with E-state index in [1.54, 1.807) is 0 Å². The monoisotopic (exact) mass is 307 g/mol. The Bertz CT molecular complexity index is 706. The number of sulfonamides is 1. The average Bonchev–Trinajstić information content (AvgIpc) is 3.02. The van der Waals surface area contributed by atoms with E-state index < -0.39 is 10.0 Å². The van der Waals surface area contributed by atoms with Crippen molar-refractivity contribution in [3.05, 3.63) is 36.5 Å². The van der Waals surface area contributed by atoms with Crippen LogP contribution in [0.15, 0.2) is 41.6 Å². The predicted octanol–water partition coefficient (Wildman–Crippen LogP) is 0.503. The first-order valence-corrected chi connectivity index (χ1v) is 8.11.